The van der Waals surface area contributed by atoms with E-state index in [4.69, 9.17) is 4.42 Å². The van der Waals surface area contributed by atoms with Crippen LogP contribution in [0.4, 0.5) is 0 Å². The summed E-state index contributed by atoms with van der Waals surface area (Å²) >= 11 is 1.51. The summed E-state index contributed by atoms with van der Waals surface area (Å²) < 4.78 is 6.39. The third-order valence-corrected chi connectivity index (χ3v) is 7.97. The van der Waals surface area contributed by atoms with Crippen molar-refractivity contribution in [2.45, 2.75) is 72.1 Å². The summed E-state index contributed by atoms with van der Waals surface area (Å²) in [6, 6.07) is 27.5. The molecule has 0 N–H and O–H groups in total. The van der Waals surface area contributed by atoms with Gasteiger partial charge in [0, 0.05) is 6.26 Å². The number of rotatable bonds is 2. The summed E-state index contributed by atoms with van der Waals surface area (Å²) in [5.41, 5.74) is 12.4. The van der Waals surface area contributed by atoms with Gasteiger partial charge in [-0.25, -0.2) is 0 Å². The van der Waals surface area contributed by atoms with Gasteiger partial charge in [0.15, 0.2) is 0 Å². The first-order chi connectivity index (χ1) is 18.9. The van der Waals surface area contributed by atoms with Crippen LogP contribution >= 0.6 is 24.8 Å². The SMILES string of the molecule is CC(C)(C)c1c[c-]c2c(c1)-c1cc(C(C)(C)C)ccc1C2.C[C](=[Zr+2])c1ccccc1.Cl.Cl.[C-]1=C(c2ccoc2)C=CC1. The Hall–Kier alpha value is -2.25. The molecule has 0 amide bonds. The molecule has 1 nitrogen and oxygen atoms in total. The van der Waals surface area contributed by atoms with Crippen molar-refractivity contribution in [3.63, 3.8) is 0 Å². The molecule has 218 valence electrons. The Balaban J connectivity index is 0.000000245. The predicted octanol–water partition coefficient (Wildman–Crippen LogP) is 10.7. The summed E-state index contributed by atoms with van der Waals surface area (Å²) in [5.74, 6) is 0. The van der Waals surface area contributed by atoms with Gasteiger partial charge in [0.2, 0.25) is 0 Å². The third kappa shape index (κ3) is 9.38. The average molecular weight is 677 g/mol. The molecule has 1 heterocycles. The zero-order valence-corrected chi connectivity index (χ0v) is 29.9. The number of hydrogen-bond donors (Lipinski definition) is 0. The Morgan fingerprint density at radius 1 is 0.833 bits per heavy atom. The van der Waals surface area contributed by atoms with E-state index >= 15 is 0 Å². The molecule has 0 bridgehead atoms. The first-order valence-corrected chi connectivity index (χ1v) is 15.3. The van der Waals surface area contributed by atoms with Crippen molar-refractivity contribution in [3.8, 4) is 11.1 Å². The van der Waals surface area contributed by atoms with Gasteiger partial charge in [-0.05, 0) is 17.4 Å². The second kappa shape index (κ2) is 15.5. The first kappa shape index (κ1) is 35.9. The first-order valence-electron chi connectivity index (χ1n) is 14.0. The van der Waals surface area contributed by atoms with Crippen molar-refractivity contribution in [2.75, 3.05) is 0 Å². The van der Waals surface area contributed by atoms with Crippen LogP contribution in [0.15, 0.2) is 95.8 Å². The van der Waals surface area contributed by atoms with Gasteiger partial charge in [0.05, 0.1) is 6.26 Å². The minimum atomic E-state index is 0. The van der Waals surface area contributed by atoms with E-state index in [0.29, 0.717) is 0 Å². The maximum atomic E-state index is 4.93. The van der Waals surface area contributed by atoms with E-state index in [1.807, 2.05) is 12.1 Å². The van der Waals surface area contributed by atoms with Crippen molar-refractivity contribution < 1.29 is 28.7 Å². The molecule has 0 unspecified atom stereocenters. The molecule has 0 saturated carbocycles. The van der Waals surface area contributed by atoms with Crippen molar-refractivity contribution in [1.82, 2.24) is 0 Å². The van der Waals surface area contributed by atoms with Gasteiger partial charge < -0.3 is 4.42 Å². The Morgan fingerprint density at radius 2 is 1.50 bits per heavy atom. The van der Waals surface area contributed by atoms with Crippen LogP contribution in [-0.4, -0.2) is 3.21 Å². The standard InChI is InChI=1S/C21H25.C9H7O.C8H8.2ClH.Zr/c1-20(2,3)16-9-7-14-11-15-8-10-17(21(4,5)6)13-19(15)18(14)12-16;1-2-4-8(3-1)9-5-6-10-7-9;1-2-8-6-4-3-5-7-8;;;/h7,9-10,12-13H,11H2,1-6H3;1,3,5-7H,2H2;3-7H,1H3;2*1H;/q2*-1;;;;+2. The second-order valence-electron chi connectivity index (χ2n) is 12.5. The molecular formula is C38H42Cl2OZr. The molecule has 0 aliphatic heterocycles. The molecule has 0 radical (unpaired) electrons. The zero-order chi connectivity index (χ0) is 28.9. The maximum absolute atomic E-state index is 4.93. The molecule has 3 aromatic carbocycles. The fourth-order valence-corrected chi connectivity index (χ4v) is 5.10. The van der Waals surface area contributed by atoms with Crippen LogP contribution in [0.5, 0.6) is 0 Å². The number of hydrogen-bond acceptors (Lipinski definition) is 1. The summed E-state index contributed by atoms with van der Waals surface area (Å²) in [5, 5.41) is 0. The minimum Gasteiger partial charge on any atom is -0.486 e. The molecule has 0 atom stereocenters. The molecule has 2 aliphatic carbocycles. The molecule has 2 aliphatic rings. The van der Waals surface area contributed by atoms with E-state index in [-0.39, 0.29) is 35.6 Å². The third-order valence-electron chi connectivity index (χ3n) is 7.26. The van der Waals surface area contributed by atoms with Crippen LogP contribution < -0.4 is 0 Å². The predicted molar refractivity (Wildman–Crippen MR) is 181 cm³/mol. The van der Waals surface area contributed by atoms with Crippen LogP contribution in [0.3, 0.4) is 0 Å². The smallest absolute Gasteiger partial charge is 0.0771 e. The second-order valence-corrected chi connectivity index (χ2v) is 14.4. The van der Waals surface area contributed by atoms with Gasteiger partial charge in [-0.2, -0.15) is 47.1 Å². The maximum Gasteiger partial charge on any atom is 0.0771 e. The van der Waals surface area contributed by atoms with Gasteiger partial charge in [-0.15, -0.1) is 36.5 Å². The number of furan rings is 1. The fraction of sp³-hybridized carbons (Fsp3) is 0.289. The van der Waals surface area contributed by atoms with Crippen LogP contribution in [0.2, 0.25) is 0 Å². The molecule has 6 rings (SSSR count). The minimum absolute atomic E-state index is 0. The number of halogens is 2. The monoisotopic (exact) mass is 674 g/mol. The van der Waals surface area contributed by atoms with E-state index in [0.717, 1.165) is 24.0 Å². The Kier molecular flexibility index (Phi) is 13.2. The number of allylic oxidation sites excluding steroid dienone is 4. The van der Waals surface area contributed by atoms with Crippen molar-refractivity contribution >= 4 is 33.6 Å². The van der Waals surface area contributed by atoms with Gasteiger partial charge in [0.1, 0.15) is 0 Å². The Labute approximate surface area is 280 Å². The topological polar surface area (TPSA) is 13.1 Å². The molecule has 4 aromatic rings. The van der Waals surface area contributed by atoms with Crippen LogP contribution in [-0.2, 0) is 41.5 Å². The largest absolute Gasteiger partial charge is 0.486 e. The van der Waals surface area contributed by atoms with Crippen LogP contribution in [0, 0.1) is 12.1 Å². The summed E-state index contributed by atoms with van der Waals surface area (Å²) in [6.07, 6.45) is 12.7. The van der Waals surface area contributed by atoms with Gasteiger partial charge in [0.25, 0.3) is 0 Å². The Bertz CT molecular complexity index is 1450. The van der Waals surface area contributed by atoms with Crippen molar-refractivity contribution in [3.05, 3.63) is 137 Å². The van der Waals surface area contributed by atoms with E-state index in [1.165, 1.54) is 66.4 Å². The van der Waals surface area contributed by atoms with Gasteiger partial charge in [-0.1, -0.05) is 94.3 Å². The quantitative estimate of drug-likeness (QED) is 0.170. The van der Waals surface area contributed by atoms with E-state index in [1.54, 1.807) is 12.5 Å². The van der Waals surface area contributed by atoms with Crippen molar-refractivity contribution in [2.24, 2.45) is 0 Å². The Morgan fingerprint density at radius 3 is 2.02 bits per heavy atom. The molecular weight excluding hydrogens is 635 g/mol. The van der Waals surface area contributed by atoms with E-state index in [2.05, 4.69) is 127 Å². The van der Waals surface area contributed by atoms with Gasteiger partial charge >= 0.3 is 70.3 Å². The zero-order valence-electron chi connectivity index (χ0n) is 25.8. The molecule has 0 saturated heterocycles. The molecule has 1 aromatic heterocycles. The van der Waals surface area contributed by atoms with Crippen molar-refractivity contribution in [1.29, 1.82) is 0 Å². The normalized spacial score (nSPS) is 12.7. The van der Waals surface area contributed by atoms with Crippen LogP contribution in [0.1, 0.15) is 88.3 Å². The molecule has 4 heteroatoms. The molecule has 0 spiro atoms. The van der Waals surface area contributed by atoms with E-state index < -0.39 is 0 Å². The van der Waals surface area contributed by atoms with Crippen LogP contribution in [0.25, 0.3) is 16.7 Å². The van der Waals surface area contributed by atoms with E-state index in [9.17, 15) is 0 Å². The average Bonchev–Trinajstić information content (AvgIpc) is 3.69. The fourth-order valence-electron chi connectivity index (χ4n) is 4.69. The number of fused-ring (bicyclic) bond motifs is 3. The summed E-state index contributed by atoms with van der Waals surface area (Å²) in [4.78, 5) is 0. The summed E-state index contributed by atoms with van der Waals surface area (Å²) in [6.45, 7) is 15.8. The summed E-state index contributed by atoms with van der Waals surface area (Å²) in [7, 11) is 0. The van der Waals surface area contributed by atoms with Gasteiger partial charge in [-0.3, -0.25) is 0 Å². The molecule has 0 fully saturated rings. The number of benzene rings is 3. The molecule has 42 heavy (non-hydrogen) atoms.